The van der Waals surface area contributed by atoms with Crippen LogP contribution in [0.2, 0.25) is 0 Å². The summed E-state index contributed by atoms with van der Waals surface area (Å²) in [5.41, 5.74) is -1.41. The number of fused-ring (bicyclic) bond motifs is 2. The summed E-state index contributed by atoms with van der Waals surface area (Å²) < 4.78 is 37.8. The van der Waals surface area contributed by atoms with E-state index in [0.29, 0.717) is 31.5 Å². The highest BCUT2D eigenvalue weighted by Crippen LogP contribution is 2.42. The number of thiazole rings is 1. The number of hydrogen-bond donors (Lipinski definition) is 2. The number of amides is 1. The Kier molecular flexibility index (Phi) is 15.7. The first-order chi connectivity index (χ1) is 28.3. The van der Waals surface area contributed by atoms with Crippen molar-refractivity contribution in [2.45, 2.75) is 142 Å². The Morgan fingerprint density at radius 1 is 1.08 bits per heavy atom. The van der Waals surface area contributed by atoms with Crippen LogP contribution >= 0.6 is 11.3 Å². The van der Waals surface area contributed by atoms with E-state index in [1.807, 2.05) is 57.1 Å². The molecular formula is C43H64N4O12S. The van der Waals surface area contributed by atoms with Crippen LogP contribution in [0.1, 0.15) is 86.1 Å². The van der Waals surface area contributed by atoms with E-state index in [0.717, 1.165) is 15.2 Å². The second-order valence-corrected chi connectivity index (χ2v) is 18.3. The van der Waals surface area contributed by atoms with Crippen LogP contribution < -0.4 is 5.32 Å². The summed E-state index contributed by atoms with van der Waals surface area (Å²) in [4.78, 5) is 66.4. The van der Waals surface area contributed by atoms with Crippen molar-refractivity contribution in [3.63, 3.8) is 0 Å². The molecule has 0 bridgehead atoms. The van der Waals surface area contributed by atoms with Crippen molar-refractivity contribution >= 4 is 51.1 Å². The molecule has 16 nitrogen and oxygen atoms in total. The van der Waals surface area contributed by atoms with E-state index in [4.69, 9.17) is 33.3 Å². The van der Waals surface area contributed by atoms with Crippen molar-refractivity contribution in [3.05, 3.63) is 29.3 Å². The minimum atomic E-state index is -1.48. The van der Waals surface area contributed by atoms with E-state index in [2.05, 4.69) is 15.5 Å². The first-order valence-corrected chi connectivity index (χ1v) is 21.8. The molecule has 334 valence electrons. The van der Waals surface area contributed by atoms with Gasteiger partial charge < -0.3 is 48.6 Å². The molecule has 3 aliphatic heterocycles. The van der Waals surface area contributed by atoms with Gasteiger partial charge in [-0.2, -0.15) is 0 Å². The zero-order valence-electron chi connectivity index (χ0n) is 36.8. The van der Waals surface area contributed by atoms with Crippen LogP contribution in [-0.4, -0.2) is 133 Å². The van der Waals surface area contributed by atoms with Crippen LogP contribution in [0.25, 0.3) is 10.2 Å². The van der Waals surface area contributed by atoms with E-state index in [1.54, 1.807) is 46.0 Å². The Morgan fingerprint density at radius 2 is 1.80 bits per heavy atom. The molecule has 4 heterocycles. The Hall–Kier alpha value is -3.74. The maximum Gasteiger partial charge on any atom is 0.509 e. The highest BCUT2D eigenvalue weighted by molar-refractivity contribution is 7.18. The average molecular weight is 861 g/mol. The fraction of sp³-hybridized carbons (Fsp3) is 0.721. The third-order valence-corrected chi connectivity index (χ3v) is 13.5. The van der Waals surface area contributed by atoms with Gasteiger partial charge in [0.2, 0.25) is 0 Å². The molecule has 0 aliphatic carbocycles. The minimum absolute atomic E-state index is 0.167. The van der Waals surface area contributed by atoms with Crippen molar-refractivity contribution in [2.24, 2.45) is 28.8 Å². The van der Waals surface area contributed by atoms with Crippen LogP contribution in [0, 0.1) is 23.7 Å². The third kappa shape index (κ3) is 10.5. The minimum Gasteiger partial charge on any atom is -0.457 e. The fourth-order valence-corrected chi connectivity index (χ4v) is 9.95. The van der Waals surface area contributed by atoms with Crippen molar-refractivity contribution in [1.29, 1.82) is 0 Å². The van der Waals surface area contributed by atoms with Gasteiger partial charge in [-0.05, 0) is 79.6 Å². The molecule has 1 aromatic heterocycles. The van der Waals surface area contributed by atoms with Crippen molar-refractivity contribution in [1.82, 2.24) is 15.2 Å². The Balaban J connectivity index is 1.43. The number of likely N-dealkylation sites (N-methyl/N-ethyl adjacent to an activating group) is 1. The van der Waals surface area contributed by atoms with E-state index < -0.39 is 90.1 Å². The number of nitrogens with zero attached hydrogens (tertiary/aromatic N) is 3. The number of aryl methyl sites for hydroxylation is 1. The number of cyclic esters (lactones) is 1. The number of Topliss-reactive ketones (excluding diaryl/α,β-unsaturated/α-hetero) is 1. The van der Waals surface area contributed by atoms with Gasteiger partial charge in [0, 0.05) is 43.9 Å². The van der Waals surface area contributed by atoms with Gasteiger partial charge in [0.25, 0.3) is 5.91 Å². The van der Waals surface area contributed by atoms with E-state index >= 15 is 0 Å². The highest BCUT2D eigenvalue weighted by atomic mass is 32.1. The molecule has 0 spiro atoms. The number of methoxy groups -OCH3 is 1. The maximum atomic E-state index is 14.3. The lowest BCUT2D eigenvalue weighted by molar-refractivity contribution is -0.295. The van der Waals surface area contributed by atoms with Crippen LogP contribution in [0.15, 0.2) is 29.4 Å². The number of esters is 1. The van der Waals surface area contributed by atoms with E-state index in [-0.39, 0.29) is 30.9 Å². The largest absolute Gasteiger partial charge is 0.509 e. The summed E-state index contributed by atoms with van der Waals surface area (Å²) in [6.07, 6.45) is -4.18. The molecular weight excluding hydrogens is 797 g/mol. The van der Waals surface area contributed by atoms with Crippen LogP contribution in [0.5, 0.6) is 0 Å². The summed E-state index contributed by atoms with van der Waals surface area (Å²) in [5, 5.41) is 19.9. The molecule has 3 fully saturated rings. The van der Waals surface area contributed by atoms with Crippen LogP contribution in [0.3, 0.4) is 0 Å². The third-order valence-electron chi connectivity index (χ3n) is 12.4. The molecule has 0 saturated carbocycles. The van der Waals surface area contributed by atoms with Crippen LogP contribution in [-0.2, 0) is 54.1 Å². The van der Waals surface area contributed by atoms with Gasteiger partial charge in [0.1, 0.15) is 18.1 Å². The van der Waals surface area contributed by atoms with Gasteiger partial charge in [-0.1, -0.05) is 45.0 Å². The second kappa shape index (κ2) is 20.0. The number of ether oxygens (including phenoxy) is 6. The highest BCUT2D eigenvalue weighted by Gasteiger charge is 2.59. The van der Waals surface area contributed by atoms with Gasteiger partial charge in [0.05, 0.1) is 38.7 Å². The molecule has 2 aromatic rings. The van der Waals surface area contributed by atoms with Gasteiger partial charge in [-0.3, -0.25) is 14.4 Å². The molecule has 0 radical (unpaired) electrons. The topological polar surface area (TPSA) is 194 Å². The molecule has 60 heavy (non-hydrogen) atoms. The molecule has 13 atom stereocenters. The number of benzene rings is 1. The van der Waals surface area contributed by atoms with Crippen molar-refractivity contribution in [3.8, 4) is 0 Å². The summed E-state index contributed by atoms with van der Waals surface area (Å²) in [6, 6.07) is 7.65. The normalized spacial score (nSPS) is 36.3. The quantitative estimate of drug-likeness (QED) is 0.124. The lowest BCUT2D eigenvalue weighted by Crippen LogP contribution is -2.59. The molecule has 3 saturated heterocycles. The number of carbonyl (C=O) groups excluding carboxylic acids is 4. The number of ketones is 1. The van der Waals surface area contributed by atoms with Crippen molar-refractivity contribution < 1.29 is 57.5 Å². The summed E-state index contributed by atoms with van der Waals surface area (Å²) in [6.45, 7) is 13.9. The smallest absolute Gasteiger partial charge is 0.457 e. The molecule has 1 unspecified atom stereocenters. The number of para-hydroxylation sites is 1. The lowest BCUT2D eigenvalue weighted by atomic mass is 9.74. The van der Waals surface area contributed by atoms with Gasteiger partial charge in [0.15, 0.2) is 30.4 Å². The number of rotatable bonds is 12. The molecule has 2 N–H and O–H groups in total. The number of aliphatic hydroxyl groups excluding tert-OH is 1. The van der Waals surface area contributed by atoms with Crippen LogP contribution in [0.4, 0.5) is 4.79 Å². The van der Waals surface area contributed by atoms with Gasteiger partial charge in [-0.25, -0.2) is 9.78 Å². The van der Waals surface area contributed by atoms with E-state index in [1.165, 1.54) is 14.0 Å². The maximum absolute atomic E-state index is 14.3. The number of aliphatic hydroxyl groups is 1. The number of carbonyl (C=O) groups is 4. The number of aromatic nitrogens is 1. The standard InChI is InChI=1S/C43H64N4O12S/c1-12-31-43(8)38(58-41(52)59-43)25(4)34(46-54-22-32(48)44-19-15-18-33-45-28-16-13-14-17-30(28)60-33)23(2)21-42(7,53-11)37(26(5)35(49)27(6)39(51)56-31)57-40-36(50)29(47(9)10)20-24(3)55-40/h13-14,16-17,23-27,29,31,36-38,40,50H,12,15,18-22H2,1-11H3,(H,44,48)/b46-34+/t23-,24-,25+,26+,27-,29+,31-,36-,37-,38?,40+,42-,43-/m1/s1. The predicted octanol–water partition coefficient (Wildman–Crippen LogP) is 5.07. The monoisotopic (exact) mass is 860 g/mol. The summed E-state index contributed by atoms with van der Waals surface area (Å²) >= 11 is 1.63. The Bertz CT molecular complexity index is 1830. The molecule has 1 aromatic carbocycles. The number of oxime groups is 1. The average Bonchev–Trinajstić information content (AvgIpc) is 3.77. The Labute approximate surface area is 356 Å². The Morgan fingerprint density at radius 3 is 2.47 bits per heavy atom. The predicted molar refractivity (Wildman–Crippen MR) is 223 cm³/mol. The first-order valence-electron chi connectivity index (χ1n) is 21.0. The molecule has 3 aliphatic rings. The lowest BCUT2D eigenvalue weighted by Gasteiger charge is -2.47. The van der Waals surface area contributed by atoms with E-state index in [9.17, 15) is 24.3 Å². The van der Waals surface area contributed by atoms with Crippen molar-refractivity contribution in [2.75, 3.05) is 34.4 Å². The zero-order valence-corrected chi connectivity index (χ0v) is 37.6. The molecule has 5 rings (SSSR count). The molecule has 17 heteroatoms. The van der Waals surface area contributed by atoms with Gasteiger partial charge in [-0.15, -0.1) is 11.3 Å². The van der Waals surface area contributed by atoms with Gasteiger partial charge >= 0.3 is 12.1 Å². The first kappa shape index (κ1) is 47.3. The zero-order chi connectivity index (χ0) is 44.1. The number of hydrogen-bond acceptors (Lipinski definition) is 16. The second-order valence-electron chi connectivity index (χ2n) is 17.2. The SMILES string of the molecule is CC[C@H]1OC(=O)[C@H](C)C(=O)[C@H](C)[C@@H](O[C@@H]2O[C@H](C)C[C@H](N(C)C)[C@H]2O)[C@](C)(OC)C[C@@H](C)/C(=N\OCC(=O)NCCCc2nc3ccccc3s2)[C@H](C)C2OC(=O)O[C@@]21C. The molecule has 1 amide bonds. The summed E-state index contributed by atoms with van der Waals surface area (Å²) in [5.74, 6) is -5.10. The summed E-state index contributed by atoms with van der Waals surface area (Å²) in [7, 11) is 5.23. The number of nitrogens with one attached hydrogen (secondary N) is 1. The fourth-order valence-electron chi connectivity index (χ4n) is 8.94.